The van der Waals surface area contributed by atoms with Crippen LogP contribution < -0.4 is 0 Å². The van der Waals surface area contributed by atoms with Crippen LogP contribution in [0.15, 0.2) is 12.2 Å². The number of ether oxygens (including phenoxy) is 2. The van der Waals surface area contributed by atoms with E-state index < -0.39 is 0 Å². The second kappa shape index (κ2) is 6.78. The largest absolute Gasteiger partial charge is 0.396 e. The molecule has 0 aromatic heterocycles. The number of aliphatic hydroxyl groups excluding tert-OH is 2. The van der Waals surface area contributed by atoms with Crippen LogP contribution in [0.5, 0.6) is 0 Å². The summed E-state index contributed by atoms with van der Waals surface area (Å²) in [6.45, 7) is 1.71. The molecule has 2 aliphatic carbocycles. The van der Waals surface area contributed by atoms with Gasteiger partial charge in [0.2, 0.25) is 0 Å². The summed E-state index contributed by atoms with van der Waals surface area (Å²) in [6.07, 6.45) is 11.5. The van der Waals surface area contributed by atoms with Gasteiger partial charge in [-0.05, 0) is 31.6 Å². The van der Waals surface area contributed by atoms with Gasteiger partial charge in [0, 0.05) is 24.9 Å². The Labute approximate surface area is 127 Å². The molecule has 1 saturated heterocycles. The molecule has 21 heavy (non-hydrogen) atoms. The van der Waals surface area contributed by atoms with Crippen molar-refractivity contribution in [3.63, 3.8) is 0 Å². The topological polar surface area (TPSA) is 58.9 Å². The van der Waals surface area contributed by atoms with E-state index in [0.717, 1.165) is 32.1 Å². The number of unbranched alkanes of at least 4 members (excludes halogenated alkanes) is 4. The van der Waals surface area contributed by atoms with E-state index in [1.807, 2.05) is 0 Å². The highest BCUT2D eigenvalue weighted by Crippen LogP contribution is 2.59. The molecule has 0 aromatic rings. The van der Waals surface area contributed by atoms with Gasteiger partial charge in [-0.2, -0.15) is 0 Å². The molecule has 0 radical (unpaired) electrons. The number of hydrogen-bond donors (Lipinski definition) is 2. The van der Waals surface area contributed by atoms with E-state index >= 15 is 0 Å². The smallest absolute Gasteiger partial charge is 0.172 e. The molecule has 120 valence electrons. The van der Waals surface area contributed by atoms with Gasteiger partial charge < -0.3 is 19.7 Å². The Morgan fingerprint density at radius 3 is 2.62 bits per heavy atom. The van der Waals surface area contributed by atoms with Crippen molar-refractivity contribution in [3.8, 4) is 0 Å². The van der Waals surface area contributed by atoms with E-state index in [-0.39, 0.29) is 17.8 Å². The molecular weight excluding hydrogens is 268 g/mol. The van der Waals surface area contributed by atoms with Crippen molar-refractivity contribution in [1.29, 1.82) is 0 Å². The van der Waals surface area contributed by atoms with Gasteiger partial charge in [0.15, 0.2) is 5.79 Å². The third-order valence-electron chi connectivity index (χ3n) is 5.44. The van der Waals surface area contributed by atoms with Crippen molar-refractivity contribution in [2.75, 3.05) is 19.8 Å². The van der Waals surface area contributed by atoms with Gasteiger partial charge in [-0.25, -0.2) is 0 Å². The van der Waals surface area contributed by atoms with Gasteiger partial charge in [0.25, 0.3) is 0 Å². The minimum absolute atomic E-state index is 0.223. The molecule has 3 rings (SSSR count). The van der Waals surface area contributed by atoms with Crippen LogP contribution in [-0.2, 0) is 9.47 Å². The van der Waals surface area contributed by atoms with Crippen LogP contribution in [0.25, 0.3) is 0 Å². The fraction of sp³-hybridized carbons (Fsp3) is 0.882. The summed E-state index contributed by atoms with van der Waals surface area (Å²) in [7, 11) is 0. The molecule has 4 heteroatoms. The summed E-state index contributed by atoms with van der Waals surface area (Å²) in [5.74, 6) is 0.666. The third kappa shape index (κ3) is 3.04. The first-order chi connectivity index (χ1) is 10.3. The van der Waals surface area contributed by atoms with Gasteiger partial charge in [0.05, 0.1) is 19.3 Å². The molecule has 1 heterocycles. The van der Waals surface area contributed by atoms with E-state index in [1.54, 1.807) is 0 Å². The summed E-state index contributed by atoms with van der Waals surface area (Å²) >= 11 is 0. The zero-order chi connectivity index (χ0) is 14.7. The summed E-state index contributed by atoms with van der Waals surface area (Å²) < 4.78 is 11.6. The van der Waals surface area contributed by atoms with Gasteiger partial charge in [-0.3, -0.25) is 0 Å². The Morgan fingerprint density at radius 2 is 1.86 bits per heavy atom. The number of rotatable bonds is 7. The van der Waals surface area contributed by atoms with Crippen molar-refractivity contribution < 1.29 is 19.7 Å². The van der Waals surface area contributed by atoms with Crippen molar-refractivity contribution in [1.82, 2.24) is 0 Å². The van der Waals surface area contributed by atoms with Crippen LogP contribution >= 0.6 is 0 Å². The Bertz CT molecular complexity index is 362. The second-order valence-electron chi connectivity index (χ2n) is 6.73. The first kappa shape index (κ1) is 15.5. The lowest BCUT2D eigenvalue weighted by molar-refractivity contribution is -0.275. The molecule has 1 aliphatic heterocycles. The van der Waals surface area contributed by atoms with Crippen molar-refractivity contribution in [2.45, 2.75) is 56.8 Å². The third-order valence-corrected chi connectivity index (χ3v) is 5.44. The summed E-state index contributed by atoms with van der Waals surface area (Å²) in [5.41, 5.74) is 0. The minimum Gasteiger partial charge on any atom is -0.396 e. The fourth-order valence-corrected chi connectivity index (χ4v) is 4.24. The van der Waals surface area contributed by atoms with Crippen LogP contribution in [0.1, 0.15) is 44.9 Å². The lowest BCUT2D eigenvalue weighted by atomic mass is 9.69. The lowest BCUT2D eigenvalue weighted by Gasteiger charge is -2.48. The predicted octanol–water partition coefficient (Wildman–Crippen LogP) is 2.25. The maximum atomic E-state index is 10.4. The van der Waals surface area contributed by atoms with Gasteiger partial charge >= 0.3 is 0 Å². The molecule has 4 nitrogen and oxygen atoms in total. The highest BCUT2D eigenvalue weighted by molar-refractivity contribution is 5.12. The molecular formula is C17H28O4. The van der Waals surface area contributed by atoms with Crippen LogP contribution in [0.4, 0.5) is 0 Å². The SMILES string of the molecule is OCCCCCCC=C[C@@H]1C[C@H]2[C@@H](CC23OCCO3)C1O. The number of hydrogen-bond acceptors (Lipinski definition) is 4. The molecule has 3 aliphatic rings. The average molecular weight is 296 g/mol. The molecule has 4 atom stereocenters. The van der Waals surface area contributed by atoms with Gasteiger partial charge in [-0.1, -0.05) is 25.0 Å². The van der Waals surface area contributed by atoms with E-state index in [0.29, 0.717) is 31.7 Å². The Kier molecular flexibility index (Phi) is 4.99. The zero-order valence-electron chi connectivity index (χ0n) is 12.7. The Balaban J connectivity index is 1.41. The van der Waals surface area contributed by atoms with E-state index in [9.17, 15) is 5.11 Å². The molecule has 2 N–H and O–H groups in total. The molecule has 0 aromatic carbocycles. The van der Waals surface area contributed by atoms with E-state index in [2.05, 4.69) is 12.2 Å². The predicted molar refractivity (Wildman–Crippen MR) is 79.7 cm³/mol. The molecule has 1 spiro atoms. The van der Waals surface area contributed by atoms with Crippen molar-refractivity contribution >= 4 is 0 Å². The molecule has 0 amide bonds. The minimum atomic E-state index is -0.349. The lowest BCUT2D eigenvalue weighted by Crippen LogP contribution is -2.54. The maximum Gasteiger partial charge on any atom is 0.172 e. The standard InChI is InChI=1S/C17H28O4/c18-8-6-4-2-1-3-5-7-13-11-15-14(16(13)19)12-17(15)20-9-10-21-17/h5,7,13-16,18-19H,1-4,6,8-12H2/t13-,14-,15+,16?/m1/s1. The fourth-order valence-electron chi connectivity index (χ4n) is 4.24. The molecule has 2 saturated carbocycles. The number of fused-ring (bicyclic) bond motifs is 2. The normalized spacial score (nSPS) is 37.2. The maximum absolute atomic E-state index is 10.4. The van der Waals surface area contributed by atoms with Crippen LogP contribution in [0, 0.1) is 17.8 Å². The van der Waals surface area contributed by atoms with Gasteiger partial charge in [0.1, 0.15) is 0 Å². The van der Waals surface area contributed by atoms with E-state index in [4.69, 9.17) is 14.6 Å². The first-order valence-electron chi connectivity index (χ1n) is 8.50. The summed E-state index contributed by atoms with van der Waals surface area (Å²) in [4.78, 5) is 0. The van der Waals surface area contributed by atoms with Crippen LogP contribution in [-0.4, -0.2) is 41.9 Å². The second-order valence-corrected chi connectivity index (χ2v) is 6.73. The van der Waals surface area contributed by atoms with E-state index in [1.165, 1.54) is 12.8 Å². The number of aliphatic hydroxyl groups is 2. The molecule has 3 fully saturated rings. The Morgan fingerprint density at radius 1 is 1.10 bits per heavy atom. The summed E-state index contributed by atoms with van der Waals surface area (Å²) in [6, 6.07) is 0. The summed E-state index contributed by atoms with van der Waals surface area (Å²) in [5, 5.41) is 19.1. The first-order valence-corrected chi connectivity index (χ1v) is 8.50. The highest BCUT2D eigenvalue weighted by Gasteiger charge is 2.64. The monoisotopic (exact) mass is 296 g/mol. The number of allylic oxidation sites excluding steroid dienone is 1. The molecule has 0 bridgehead atoms. The highest BCUT2D eigenvalue weighted by atomic mass is 16.7. The van der Waals surface area contributed by atoms with Crippen molar-refractivity contribution in [3.05, 3.63) is 12.2 Å². The average Bonchev–Trinajstić information content (AvgIpc) is 3.05. The van der Waals surface area contributed by atoms with Crippen LogP contribution in [0.3, 0.4) is 0 Å². The zero-order valence-corrected chi connectivity index (χ0v) is 12.7. The van der Waals surface area contributed by atoms with Crippen molar-refractivity contribution in [2.24, 2.45) is 17.8 Å². The quantitative estimate of drug-likeness (QED) is 0.559. The van der Waals surface area contributed by atoms with Gasteiger partial charge in [-0.15, -0.1) is 0 Å². The van der Waals surface area contributed by atoms with Crippen LogP contribution in [0.2, 0.25) is 0 Å². The Hall–Kier alpha value is -0.420. The molecule has 1 unspecified atom stereocenters.